The van der Waals surface area contributed by atoms with E-state index in [-0.39, 0.29) is 17.5 Å². The average molecular weight is 316 g/mol. The van der Waals surface area contributed by atoms with Crippen LogP contribution in [0, 0.1) is 11.7 Å². The van der Waals surface area contributed by atoms with Crippen molar-refractivity contribution in [2.45, 2.75) is 19.4 Å². The van der Waals surface area contributed by atoms with E-state index in [1.165, 1.54) is 12.1 Å². The van der Waals surface area contributed by atoms with Crippen molar-refractivity contribution < 1.29 is 13.9 Å². The number of halogens is 2. The van der Waals surface area contributed by atoms with Crippen molar-refractivity contribution in [3.63, 3.8) is 0 Å². The first-order chi connectivity index (χ1) is 8.58. The monoisotopic (exact) mass is 315 g/mol. The molecule has 0 saturated carbocycles. The number of ether oxygens (including phenoxy) is 1. The minimum Gasteiger partial charge on any atom is -0.381 e. The predicted octanol–water partition coefficient (Wildman–Crippen LogP) is 2.74. The highest BCUT2D eigenvalue weighted by Crippen LogP contribution is 2.18. The third kappa shape index (κ3) is 3.09. The van der Waals surface area contributed by atoms with Gasteiger partial charge in [-0.1, -0.05) is 15.9 Å². The van der Waals surface area contributed by atoms with Gasteiger partial charge in [0.1, 0.15) is 5.82 Å². The highest BCUT2D eigenvalue weighted by molar-refractivity contribution is 9.10. The molecule has 1 aromatic carbocycles. The smallest absolute Gasteiger partial charge is 0.254 e. The molecule has 5 heteroatoms. The van der Waals surface area contributed by atoms with Crippen molar-refractivity contribution in [2.75, 3.05) is 13.2 Å². The van der Waals surface area contributed by atoms with E-state index in [1.807, 2.05) is 6.92 Å². The van der Waals surface area contributed by atoms with Crippen LogP contribution in [0.1, 0.15) is 23.7 Å². The largest absolute Gasteiger partial charge is 0.381 e. The Morgan fingerprint density at radius 3 is 3.00 bits per heavy atom. The second-order valence-electron chi connectivity index (χ2n) is 4.51. The maximum Gasteiger partial charge on any atom is 0.254 e. The minimum absolute atomic E-state index is 0.0111. The molecular formula is C13H15BrFNO2. The highest BCUT2D eigenvalue weighted by atomic mass is 79.9. The van der Waals surface area contributed by atoms with E-state index in [1.54, 1.807) is 6.07 Å². The van der Waals surface area contributed by atoms with Crippen LogP contribution in [0.25, 0.3) is 0 Å². The summed E-state index contributed by atoms with van der Waals surface area (Å²) in [4.78, 5) is 11.9. The Labute approximate surface area is 114 Å². The second-order valence-corrected chi connectivity index (χ2v) is 5.43. The van der Waals surface area contributed by atoms with Gasteiger partial charge in [0.2, 0.25) is 0 Å². The Morgan fingerprint density at radius 1 is 1.61 bits per heavy atom. The summed E-state index contributed by atoms with van der Waals surface area (Å²) in [5, 5.41) is 2.82. The van der Waals surface area contributed by atoms with Gasteiger partial charge in [-0.2, -0.15) is 0 Å². The molecule has 1 fully saturated rings. The summed E-state index contributed by atoms with van der Waals surface area (Å²) in [7, 11) is 0. The number of benzene rings is 1. The zero-order valence-electron chi connectivity index (χ0n) is 10.1. The Bertz CT molecular complexity index is 447. The lowest BCUT2D eigenvalue weighted by molar-refractivity contribution is 0.0918. The van der Waals surface area contributed by atoms with Gasteiger partial charge in [-0.15, -0.1) is 0 Å². The summed E-state index contributed by atoms with van der Waals surface area (Å²) in [6.45, 7) is 3.32. The Morgan fingerprint density at radius 2 is 2.39 bits per heavy atom. The lowest BCUT2D eigenvalue weighted by atomic mass is 10.0. The Balaban J connectivity index is 2.02. The number of carbonyl (C=O) groups is 1. The first-order valence-corrected chi connectivity index (χ1v) is 6.71. The first kappa shape index (κ1) is 13.5. The van der Waals surface area contributed by atoms with Gasteiger partial charge < -0.3 is 10.1 Å². The van der Waals surface area contributed by atoms with Crippen molar-refractivity contribution >= 4 is 21.8 Å². The molecule has 1 N–H and O–H groups in total. The van der Waals surface area contributed by atoms with Crippen LogP contribution in [0.3, 0.4) is 0 Å². The summed E-state index contributed by atoms with van der Waals surface area (Å²) in [6.07, 6.45) is 0.935. The molecule has 0 spiro atoms. The van der Waals surface area contributed by atoms with Gasteiger partial charge >= 0.3 is 0 Å². The molecule has 1 saturated heterocycles. The molecule has 1 aromatic rings. The molecule has 2 rings (SSSR count). The first-order valence-electron chi connectivity index (χ1n) is 5.91. The van der Waals surface area contributed by atoms with Crippen LogP contribution in [0.2, 0.25) is 0 Å². The van der Waals surface area contributed by atoms with E-state index < -0.39 is 5.82 Å². The molecule has 18 heavy (non-hydrogen) atoms. The molecule has 0 aliphatic carbocycles. The lowest BCUT2D eigenvalue weighted by Crippen LogP contribution is -2.38. The van der Waals surface area contributed by atoms with Crippen molar-refractivity contribution in [1.29, 1.82) is 0 Å². The molecule has 1 heterocycles. The van der Waals surface area contributed by atoms with E-state index in [2.05, 4.69) is 21.2 Å². The number of hydrogen-bond donors (Lipinski definition) is 1. The molecule has 2 atom stereocenters. The topological polar surface area (TPSA) is 38.3 Å². The van der Waals surface area contributed by atoms with Crippen molar-refractivity contribution in [2.24, 2.45) is 5.92 Å². The van der Waals surface area contributed by atoms with Gasteiger partial charge in [0.05, 0.1) is 12.2 Å². The number of hydrogen-bond acceptors (Lipinski definition) is 2. The fraction of sp³-hybridized carbons (Fsp3) is 0.462. The molecule has 0 aromatic heterocycles. The molecule has 1 aliphatic heterocycles. The molecule has 1 amide bonds. The van der Waals surface area contributed by atoms with E-state index in [0.29, 0.717) is 17.0 Å². The molecule has 3 nitrogen and oxygen atoms in total. The standard InChI is InChI=1S/C13H15BrFNO2/c1-8(9-4-5-18-7-9)16-13(17)11-3-2-10(14)6-12(11)15/h2-3,6,8-9H,4-5,7H2,1H3,(H,16,17). The van der Waals surface area contributed by atoms with Crippen molar-refractivity contribution in [1.82, 2.24) is 5.32 Å². The van der Waals surface area contributed by atoms with E-state index >= 15 is 0 Å². The van der Waals surface area contributed by atoms with Crippen LogP contribution in [0.15, 0.2) is 22.7 Å². The second kappa shape index (κ2) is 5.80. The van der Waals surface area contributed by atoms with Gasteiger partial charge in [0, 0.05) is 23.0 Å². The maximum absolute atomic E-state index is 13.6. The Hall–Kier alpha value is -0.940. The predicted molar refractivity (Wildman–Crippen MR) is 70.0 cm³/mol. The molecule has 0 radical (unpaired) electrons. The van der Waals surface area contributed by atoms with Crippen LogP contribution < -0.4 is 5.32 Å². The maximum atomic E-state index is 13.6. The summed E-state index contributed by atoms with van der Waals surface area (Å²) in [5.74, 6) is -0.580. The fourth-order valence-corrected chi connectivity index (χ4v) is 2.36. The molecule has 1 aliphatic rings. The number of amides is 1. The number of rotatable bonds is 3. The van der Waals surface area contributed by atoms with Crippen LogP contribution in [0.4, 0.5) is 4.39 Å². The van der Waals surface area contributed by atoms with Crippen molar-refractivity contribution in [3.8, 4) is 0 Å². The number of nitrogens with one attached hydrogen (secondary N) is 1. The zero-order valence-corrected chi connectivity index (χ0v) is 11.7. The van der Waals surface area contributed by atoms with Crippen LogP contribution in [-0.4, -0.2) is 25.2 Å². The van der Waals surface area contributed by atoms with Gasteiger partial charge in [-0.3, -0.25) is 4.79 Å². The quantitative estimate of drug-likeness (QED) is 0.931. The summed E-state index contributed by atoms with van der Waals surface area (Å²) >= 11 is 3.16. The van der Waals surface area contributed by atoms with Crippen LogP contribution in [-0.2, 0) is 4.74 Å². The Kier molecular flexibility index (Phi) is 4.35. The van der Waals surface area contributed by atoms with Crippen molar-refractivity contribution in [3.05, 3.63) is 34.1 Å². The normalized spacial score (nSPS) is 20.7. The van der Waals surface area contributed by atoms with Crippen LogP contribution >= 0.6 is 15.9 Å². The van der Waals surface area contributed by atoms with Gasteiger partial charge in [0.25, 0.3) is 5.91 Å². The van der Waals surface area contributed by atoms with Gasteiger partial charge in [-0.05, 0) is 31.5 Å². The highest BCUT2D eigenvalue weighted by Gasteiger charge is 2.24. The van der Waals surface area contributed by atoms with E-state index in [0.717, 1.165) is 13.0 Å². The SMILES string of the molecule is CC(NC(=O)c1ccc(Br)cc1F)C1CCOC1. The minimum atomic E-state index is -0.517. The lowest BCUT2D eigenvalue weighted by Gasteiger charge is -2.19. The van der Waals surface area contributed by atoms with E-state index in [4.69, 9.17) is 4.74 Å². The molecular weight excluding hydrogens is 301 g/mol. The summed E-state index contributed by atoms with van der Waals surface area (Å²) < 4.78 is 19.5. The zero-order chi connectivity index (χ0) is 13.1. The third-order valence-electron chi connectivity index (χ3n) is 3.21. The van der Waals surface area contributed by atoms with E-state index in [9.17, 15) is 9.18 Å². The average Bonchev–Trinajstić information content (AvgIpc) is 2.81. The molecule has 98 valence electrons. The summed E-state index contributed by atoms with van der Waals surface area (Å²) in [6, 6.07) is 4.41. The fourth-order valence-electron chi connectivity index (χ4n) is 2.02. The third-order valence-corrected chi connectivity index (χ3v) is 3.70. The van der Waals surface area contributed by atoms with Crippen LogP contribution in [0.5, 0.6) is 0 Å². The number of carbonyl (C=O) groups excluding carboxylic acids is 1. The molecule has 2 unspecified atom stereocenters. The summed E-state index contributed by atoms with van der Waals surface area (Å²) in [5.41, 5.74) is 0.0731. The van der Waals surface area contributed by atoms with Gasteiger partial charge in [-0.25, -0.2) is 4.39 Å². The van der Waals surface area contributed by atoms with Gasteiger partial charge in [0.15, 0.2) is 0 Å². The molecule has 0 bridgehead atoms.